The molecule has 26 heavy (non-hydrogen) atoms. The van der Waals surface area contributed by atoms with Crippen molar-refractivity contribution in [3.8, 4) is 5.69 Å². The van der Waals surface area contributed by atoms with Gasteiger partial charge >= 0.3 is 0 Å². The van der Waals surface area contributed by atoms with Crippen molar-refractivity contribution in [1.82, 2.24) is 9.55 Å². The van der Waals surface area contributed by atoms with E-state index in [0.29, 0.717) is 0 Å². The van der Waals surface area contributed by atoms with Gasteiger partial charge in [-0.2, -0.15) is 0 Å². The summed E-state index contributed by atoms with van der Waals surface area (Å²) in [6.07, 6.45) is 3.59. The predicted molar refractivity (Wildman–Crippen MR) is 103 cm³/mol. The SMILES string of the molecule is Cc1cccc(-n2ccnc2SC(C)C(=O)Nc2ccccc2F)c1C. The highest BCUT2D eigenvalue weighted by atomic mass is 32.2. The Morgan fingerprint density at radius 1 is 1.19 bits per heavy atom. The number of thioether (sulfide) groups is 1. The van der Waals surface area contributed by atoms with Crippen molar-refractivity contribution in [2.45, 2.75) is 31.2 Å². The maximum atomic E-state index is 13.7. The summed E-state index contributed by atoms with van der Waals surface area (Å²) in [5.74, 6) is -0.717. The molecule has 134 valence electrons. The van der Waals surface area contributed by atoms with E-state index < -0.39 is 11.1 Å². The molecule has 0 aliphatic heterocycles. The van der Waals surface area contributed by atoms with Crippen LogP contribution in [0.3, 0.4) is 0 Å². The number of aromatic nitrogens is 2. The van der Waals surface area contributed by atoms with Crippen LogP contribution in [-0.4, -0.2) is 20.7 Å². The quantitative estimate of drug-likeness (QED) is 0.660. The number of benzene rings is 2. The summed E-state index contributed by atoms with van der Waals surface area (Å²) in [7, 11) is 0. The summed E-state index contributed by atoms with van der Waals surface area (Å²) in [6.45, 7) is 5.91. The molecule has 3 aromatic rings. The van der Waals surface area contributed by atoms with Gasteiger partial charge in [0.15, 0.2) is 5.16 Å². The Hall–Kier alpha value is -2.60. The van der Waals surface area contributed by atoms with Gasteiger partial charge in [0.05, 0.1) is 16.6 Å². The van der Waals surface area contributed by atoms with Crippen molar-refractivity contribution < 1.29 is 9.18 Å². The van der Waals surface area contributed by atoms with Gasteiger partial charge in [0, 0.05) is 12.4 Å². The van der Waals surface area contributed by atoms with Crippen LogP contribution < -0.4 is 5.32 Å². The molecule has 0 saturated carbocycles. The maximum Gasteiger partial charge on any atom is 0.237 e. The van der Waals surface area contributed by atoms with Gasteiger partial charge in [0.2, 0.25) is 5.91 Å². The van der Waals surface area contributed by atoms with E-state index in [1.165, 1.54) is 23.4 Å². The Kier molecular flexibility index (Phi) is 5.42. The molecule has 2 aromatic carbocycles. The molecule has 1 aromatic heterocycles. The zero-order valence-corrected chi connectivity index (χ0v) is 15.7. The minimum Gasteiger partial charge on any atom is -0.323 e. The van der Waals surface area contributed by atoms with Gasteiger partial charge in [-0.3, -0.25) is 9.36 Å². The fourth-order valence-corrected chi connectivity index (χ4v) is 3.44. The molecule has 0 spiro atoms. The number of amides is 1. The third-order valence-electron chi connectivity index (χ3n) is 4.23. The van der Waals surface area contributed by atoms with Crippen LogP contribution in [0.5, 0.6) is 0 Å². The number of para-hydroxylation sites is 1. The molecule has 1 heterocycles. The zero-order chi connectivity index (χ0) is 18.7. The number of hydrogen-bond acceptors (Lipinski definition) is 3. The number of nitrogens with zero attached hydrogens (tertiary/aromatic N) is 2. The van der Waals surface area contributed by atoms with Gasteiger partial charge in [0.25, 0.3) is 0 Å². The van der Waals surface area contributed by atoms with E-state index in [0.717, 1.165) is 16.4 Å². The van der Waals surface area contributed by atoms with Gasteiger partial charge in [-0.15, -0.1) is 0 Å². The number of hydrogen-bond donors (Lipinski definition) is 1. The number of nitrogens with one attached hydrogen (secondary N) is 1. The Labute approximate surface area is 156 Å². The number of aryl methyl sites for hydroxylation is 1. The molecule has 4 nitrogen and oxygen atoms in total. The van der Waals surface area contributed by atoms with E-state index in [2.05, 4.69) is 30.2 Å². The van der Waals surface area contributed by atoms with Crippen molar-refractivity contribution in [2.24, 2.45) is 0 Å². The predicted octanol–water partition coefficient (Wildman–Crippen LogP) is 4.75. The lowest BCUT2D eigenvalue weighted by Crippen LogP contribution is -2.23. The van der Waals surface area contributed by atoms with E-state index in [-0.39, 0.29) is 11.6 Å². The second-order valence-corrected chi connectivity index (χ2v) is 7.34. The number of halogens is 1. The normalized spacial score (nSPS) is 12.0. The van der Waals surface area contributed by atoms with Gasteiger partial charge in [0.1, 0.15) is 5.82 Å². The lowest BCUT2D eigenvalue weighted by molar-refractivity contribution is -0.115. The van der Waals surface area contributed by atoms with Crippen LogP contribution in [0.2, 0.25) is 0 Å². The van der Waals surface area contributed by atoms with Crippen molar-refractivity contribution in [1.29, 1.82) is 0 Å². The zero-order valence-electron chi connectivity index (χ0n) is 14.9. The molecule has 0 fully saturated rings. The molecule has 0 saturated heterocycles. The van der Waals surface area contributed by atoms with Crippen LogP contribution in [0.1, 0.15) is 18.1 Å². The molecule has 6 heteroatoms. The summed E-state index contributed by atoms with van der Waals surface area (Å²) < 4.78 is 15.7. The van der Waals surface area contributed by atoms with E-state index in [1.807, 2.05) is 22.9 Å². The Balaban J connectivity index is 1.78. The standard InChI is InChI=1S/C20H20FN3OS/c1-13-7-6-10-18(14(13)2)24-12-11-22-20(24)26-15(3)19(25)23-17-9-5-4-8-16(17)21/h4-12,15H,1-3H3,(H,23,25). The van der Waals surface area contributed by atoms with Crippen LogP contribution in [0.4, 0.5) is 10.1 Å². The molecule has 3 rings (SSSR count). The largest absolute Gasteiger partial charge is 0.323 e. The molecule has 0 aliphatic rings. The van der Waals surface area contributed by atoms with Crippen LogP contribution in [0.25, 0.3) is 5.69 Å². The van der Waals surface area contributed by atoms with Gasteiger partial charge in [-0.25, -0.2) is 9.37 Å². The lowest BCUT2D eigenvalue weighted by atomic mass is 10.1. The fraction of sp³-hybridized carbons (Fsp3) is 0.200. The van der Waals surface area contributed by atoms with E-state index in [9.17, 15) is 9.18 Å². The van der Waals surface area contributed by atoms with Crippen molar-refractivity contribution in [2.75, 3.05) is 5.32 Å². The average molecular weight is 369 g/mol. The molecule has 1 atom stereocenters. The summed E-state index contributed by atoms with van der Waals surface area (Å²) in [5, 5.41) is 2.92. The van der Waals surface area contributed by atoms with Crippen LogP contribution in [0, 0.1) is 19.7 Å². The minimum absolute atomic E-state index is 0.183. The number of anilines is 1. The molecule has 0 aliphatic carbocycles. The molecule has 1 amide bonds. The highest BCUT2D eigenvalue weighted by molar-refractivity contribution is 8.00. The first-order valence-corrected chi connectivity index (χ1v) is 9.17. The van der Waals surface area contributed by atoms with Crippen LogP contribution in [-0.2, 0) is 4.79 Å². The van der Waals surface area contributed by atoms with Crippen molar-refractivity contribution >= 4 is 23.4 Å². The number of carbonyl (C=O) groups excluding carboxylic acids is 1. The Bertz CT molecular complexity index is 938. The molecule has 1 unspecified atom stereocenters. The van der Waals surface area contributed by atoms with Crippen LogP contribution >= 0.6 is 11.8 Å². The third-order valence-corrected chi connectivity index (χ3v) is 5.31. The third kappa shape index (κ3) is 3.80. The highest BCUT2D eigenvalue weighted by Crippen LogP contribution is 2.27. The molecule has 1 N–H and O–H groups in total. The maximum absolute atomic E-state index is 13.7. The number of carbonyl (C=O) groups is 1. The Morgan fingerprint density at radius 2 is 1.96 bits per heavy atom. The van der Waals surface area contributed by atoms with Gasteiger partial charge in [-0.05, 0) is 50.1 Å². The lowest BCUT2D eigenvalue weighted by Gasteiger charge is -2.15. The topological polar surface area (TPSA) is 46.9 Å². The summed E-state index contributed by atoms with van der Waals surface area (Å²) in [5.41, 5.74) is 3.57. The van der Waals surface area contributed by atoms with E-state index >= 15 is 0 Å². The first-order chi connectivity index (χ1) is 12.5. The summed E-state index contributed by atoms with van der Waals surface area (Å²) in [6, 6.07) is 12.2. The summed E-state index contributed by atoms with van der Waals surface area (Å²) in [4.78, 5) is 16.8. The monoisotopic (exact) mass is 369 g/mol. The number of rotatable bonds is 5. The first-order valence-electron chi connectivity index (χ1n) is 8.29. The average Bonchev–Trinajstić information content (AvgIpc) is 3.07. The summed E-state index contributed by atoms with van der Waals surface area (Å²) >= 11 is 1.34. The molecular formula is C20H20FN3OS. The second-order valence-electron chi connectivity index (χ2n) is 6.03. The fourth-order valence-electron chi connectivity index (χ4n) is 2.57. The minimum atomic E-state index is -0.449. The highest BCUT2D eigenvalue weighted by Gasteiger charge is 2.19. The Morgan fingerprint density at radius 3 is 2.73 bits per heavy atom. The van der Waals surface area contributed by atoms with E-state index in [4.69, 9.17) is 0 Å². The van der Waals surface area contributed by atoms with Gasteiger partial charge in [-0.1, -0.05) is 36.0 Å². The number of imidazole rings is 1. The van der Waals surface area contributed by atoms with Crippen molar-refractivity contribution in [3.63, 3.8) is 0 Å². The second kappa shape index (κ2) is 7.74. The first kappa shape index (κ1) is 18.2. The van der Waals surface area contributed by atoms with E-state index in [1.54, 1.807) is 31.3 Å². The van der Waals surface area contributed by atoms with Crippen molar-refractivity contribution in [3.05, 3.63) is 71.8 Å². The van der Waals surface area contributed by atoms with Crippen LogP contribution in [0.15, 0.2) is 60.0 Å². The smallest absolute Gasteiger partial charge is 0.237 e. The molecular weight excluding hydrogens is 349 g/mol. The molecule has 0 bridgehead atoms. The van der Waals surface area contributed by atoms with Gasteiger partial charge < -0.3 is 5.32 Å². The molecule has 0 radical (unpaired) electrons.